The highest BCUT2D eigenvalue weighted by molar-refractivity contribution is 5.69. The molecule has 0 aromatic rings. The second-order valence-electron chi connectivity index (χ2n) is 18.0. The molecule has 2 saturated heterocycles. The van der Waals surface area contributed by atoms with Crippen molar-refractivity contribution in [3.05, 3.63) is 60.8 Å². The van der Waals surface area contributed by atoms with Gasteiger partial charge in [-0.3, -0.25) is 4.79 Å². The maximum absolute atomic E-state index is 13.0. The first-order chi connectivity index (χ1) is 32.6. The van der Waals surface area contributed by atoms with Crippen LogP contribution in [0.5, 0.6) is 0 Å². The predicted octanol–water partition coefficient (Wildman–Crippen LogP) is 7.74. The summed E-state index contributed by atoms with van der Waals surface area (Å²) in [6.07, 6.45) is 31.3. The van der Waals surface area contributed by atoms with Crippen molar-refractivity contribution in [2.24, 2.45) is 0 Å². The van der Waals surface area contributed by atoms with Gasteiger partial charge >= 0.3 is 5.97 Å². The number of carbonyl (C=O) groups excluding carboxylic acids is 1. The number of unbranched alkanes of at least 4 members (excludes halogenated alkanes) is 16. The standard InChI is InChI=1S/C53H92O14/c1-3-5-7-9-11-13-15-17-19-20-21-22-23-24-26-28-30-32-34-36-45(55)65-42(39-62-37-35-33-31-29-27-25-18-16-14-12-10-8-6-4-2)40-63-52-51(61)49(59)47(57)44(67-52)41-64-53-50(60)48(58)46(56)43(38-54)66-53/h8,10-11,13-14,16-17,19,21-22,42-44,46-54,56-61H,3-7,9,12,15,18,20,23-41H2,1-2H3/b10-8-,13-11-,16-14-,19-17-,22-21-. The number of allylic oxidation sites excluding steroid dienone is 10. The summed E-state index contributed by atoms with van der Waals surface area (Å²) in [4.78, 5) is 13.0. The summed E-state index contributed by atoms with van der Waals surface area (Å²) in [6.45, 7) is 3.54. The van der Waals surface area contributed by atoms with Crippen LogP contribution in [-0.2, 0) is 33.2 Å². The van der Waals surface area contributed by atoms with Gasteiger partial charge < -0.3 is 64.2 Å². The van der Waals surface area contributed by atoms with Gasteiger partial charge in [-0.1, -0.05) is 145 Å². The van der Waals surface area contributed by atoms with E-state index in [9.17, 15) is 40.5 Å². The third-order valence-corrected chi connectivity index (χ3v) is 12.0. The summed E-state index contributed by atoms with van der Waals surface area (Å²) < 4.78 is 34.2. The quantitative estimate of drug-likeness (QED) is 0.0178. The van der Waals surface area contributed by atoms with Crippen LogP contribution in [0.1, 0.15) is 168 Å². The van der Waals surface area contributed by atoms with Crippen LogP contribution in [0.3, 0.4) is 0 Å². The fraction of sp³-hybridized carbons (Fsp3) is 0.792. The summed E-state index contributed by atoms with van der Waals surface area (Å²) >= 11 is 0. The van der Waals surface area contributed by atoms with Crippen LogP contribution in [0.2, 0.25) is 0 Å². The van der Waals surface area contributed by atoms with Crippen molar-refractivity contribution in [2.75, 3.05) is 33.0 Å². The van der Waals surface area contributed by atoms with Crippen LogP contribution in [0.25, 0.3) is 0 Å². The highest BCUT2D eigenvalue weighted by atomic mass is 16.7. The first-order valence-corrected chi connectivity index (χ1v) is 25.9. The van der Waals surface area contributed by atoms with Crippen LogP contribution in [0.4, 0.5) is 0 Å². The maximum Gasteiger partial charge on any atom is 0.306 e. The number of carbonyl (C=O) groups is 1. The Morgan fingerprint density at radius 2 is 0.955 bits per heavy atom. The lowest BCUT2D eigenvalue weighted by Crippen LogP contribution is -2.61. The van der Waals surface area contributed by atoms with Gasteiger partial charge in [0.05, 0.1) is 26.4 Å². The molecule has 0 spiro atoms. The van der Waals surface area contributed by atoms with E-state index < -0.39 is 86.7 Å². The zero-order valence-corrected chi connectivity index (χ0v) is 41.1. The van der Waals surface area contributed by atoms with Crippen molar-refractivity contribution in [1.82, 2.24) is 0 Å². The molecule has 14 heteroatoms. The predicted molar refractivity (Wildman–Crippen MR) is 261 cm³/mol. The molecular weight excluding hydrogens is 861 g/mol. The molecule has 0 saturated carbocycles. The monoisotopic (exact) mass is 953 g/mol. The number of aliphatic hydroxyl groups is 7. The van der Waals surface area contributed by atoms with Gasteiger partial charge in [0, 0.05) is 13.0 Å². The number of ether oxygens (including phenoxy) is 6. The average molecular weight is 953 g/mol. The number of rotatable bonds is 40. The molecule has 0 amide bonds. The average Bonchev–Trinajstić information content (AvgIpc) is 3.32. The van der Waals surface area contributed by atoms with Crippen molar-refractivity contribution in [1.29, 1.82) is 0 Å². The van der Waals surface area contributed by atoms with E-state index in [0.29, 0.717) is 13.0 Å². The van der Waals surface area contributed by atoms with Gasteiger partial charge in [-0.05, 0) is 77.0 Å². The van der Waals surface area contributed by atoms with Gasteiger partial charge in [0.2, 0.25) is 0 Å². The minimum Gasteiger partial charge on any atom is -0.457 e. The smallest absolute Gasteiger partial charge is 0.306 e. The molecule has 14 nitrogen and oxygen atoms in total. The van der Waals surface area contributed by atoms with Gasteiger partial charge in [0.1, 0.15) is 54.9 Å². The van der Waals surface area contributed by atoms with E-state index in [4.69, 9.17) is 28.4 Å². The van der Waals surface area contributed by atoms with Crippen LogP contribution in [0.15, 0.2) is 60.8 Å². The Bertz CT molecular complexity index is 1340. The van der Waals surface area contributed by atoms with Crippen molar-refractivity contribution in [2.45, 2.75) is 235 Å². The topological polar surface area (TPSA) is 214 Å². The van der Waals surface area contributed by atoms with E-state index >= 15 is 0 Å². The van der Waals surface area contributed by atoms with Gasteiger partial charge in [-0.15, -0.1) is 0 Å². The number of hydrogen-bond donors (Lipinski definition) is 7. The Balaban J connectivity index is 1.78. The molecule has 2 rings (SSSR count). The minimum absolute atomic E-state index is 0.0463. The summed E-state index contributed by atoms with van der Waals surface area (Å²) in [5.74, 6) is -0.395. The van der Waals surface area contributed by atoms with Crippen molar-refractivity contribution in [3.63, 3.8) is 0 Å². The zero-order valence-electron chi connectivity index (χ0n) is 41.1. The normalized spacial score (nSPS) is 26.6. The van der Waals surface area contributed by atoms with E-state index in [-0.39, 0.29) is 19.6 Å². The number of aliphatic hydroxyl groups excluding tert-OH is 7. The molecule has 11 atom stereocenters. The zero-order chi connectivity index (χ0) is 48.7. The first kappa shape index (κ1) is 60.8. The van der Waals surface area contributed by atoms with Gasteiger partial charge in [-0.25, -0.2) is 0 Å². The third kappa shape index (κ3) is 28.2. The molecule has 0 aromatic carbocycles. The molecule has 0 aromatic heterocycles. The van der Waals surface area contributed by atoms with Gasteiger partial charge in [0.15, 0.2) is 12.6 Å². The molecule has 2 aliphatic rings. The van der Waals surface area contributed by atoms with Crippen LogP contribution >= 0.6 is 0 Å². The molecule has 2 fully saturated rings. The van der Waals surface area contributed by atoms with Crippen molar-refractivity contribution < 1.29 is 69.0 Å². The van der Waals surface area contributed by atoms with E-state index in [1.807, 2.05) is 0 Å². The molecule has 0 aliphatic carbocycles. The fourth-order valence-electron chi connectivity index (χ4n) is 7.74. The van der Waals surface area contributed by atoms with E-state index in [1.54, 1.807) is 0 Å². The lowest BCUT2D eigenvalue weighted by molar-refractivity contribution is -0.332. The highest BCUT2D eigenvalue weighted by Crippen LogP contribution is 2.26. The van der Waals surface area contributed by atoms with Crippen LogP contribution in [0, 0.1) is 0 Å². The summed E-state index contributed by atoms with van der Waals surface area (Å²) in [7, 11) is 0. The lowest BCUT2D eigenvalue weighted by atomic mass is 9.98. The van der Waals surface area contributed by atoms with Gasteiger partial charge in [0.25, 0.3) is 0 Å². The minimum atomic E-state index is -1.71. The Labute approximate surface area is 403 Å². The molecule has 0 bridgehead atoms. The molecular formula is C53H92O14. The summed E-state index contributed by atoms with van der Waals surface area (Å²) in [6, 6.07) is 0. The Hall–Kier alpha value is -2.31. The summed E-state index contributed by atoms with van der Waals surface area (Å²) in [5, 5.41) is 72.1. The molecule has 2 aliphatic heterocycles. The SMILES string of the molecule is CCC/C=C\C/C=C\CCCCCCCCOCC(COC1OC(COC2OC(CO)C(O)C(O)C2O)C(O)C(O)C1O)OC(=O)CCCCCCCC/C=C\C/C=C\C/C=C\CCCCC. The largest absolute Gasteiger partial charge is 0.457 e. The fourth-order valence-corrected chi connectivity index (χ4v) is 7.74. The van der Waals surface area contributed by atoms with Crippen molar-refractivity contribution >= 4 is 5.97 Å². The Morgan fingerprint density at radius 1 is 0.493 bits per heavy atom. The second kappa shape index (κ2) is 40.4. The molecule has 2 heterocycles. The summed E-state index contributed by atoms with van der Waals surface area (Å²) in [5.41, 5.74) is 0. The van der Waals surface area contributed by atoms with E-state index in [0.717, 1.165) is 96.3 Å². The lowest BCUT2D eigenvalue weighted by Gasteiger charge is -2.42. The molecule has 0 radical (unpaired) electrons. The maximum atomic E-state index is 13.0. The van der Waals surface area contributed by atoms with Gasteiger partial charge in [-0.2, -0.15) is 0 Å². The Kier molecular flexibility index (Phi) is 36.7. The molecule has 388 valence electrons. The van der Waals surface area contributed by atoms with Crippen molar-refractivity contribution in [3.8, 4) is 0 Å². The molecule has 67 heavy (non-hydrogen) atoms. The Morgan fingerprint density at radius 3 is 1.51 bits per heavy atom. The third-order valence-electron chi connectivity index (χ3n) is 12.0. The molecule has 11 unspecified atom stereocenters. The number of esters is 1. The van der Waals surface area contributed by atoms with E-state index in [1.165, 1.54) is 44.9 Å². The molecule has 7 N–H and O–H groups in total. The second-order valence-corrected chi connectivity index (χ2v) is 18.0. The number of hydrogen-bond acceptors (Lipinski definition) is 14. The van der Waals surface area contributed by atoms with Crippen LogP contribution < -0.4 is 0 Å². The first-order valence-electron chi connectivity index (χ1n) is 25.9. The highest BCUT2D eigenvalue weighted by Gasteiger charge is 2.47. The van der Waals surface area contributed by atoms with E-state index in [2.05, 4.69) is 74.6 Å². The van der Waals surface area contributed by atoms with Crippen LogP contribution in [-0.4, -0.2) is 142 Å².